The summed E-state index contributed by atoms with van der Waals surface area (Å²) >= 11 is 0. The van der Waals surface area contributed by atoms with E-state index in [9.17, 15) is 27.2 Å². The third-order valence-electron chi connectivity index (χ3n) is 6.00. The summed E-state index contributed by atoms with van der Waals surface area (Å²) in [4.78, 5) is 34.0. The molecule has 2 aromatic heterocycles. The lowest BCUT2D eigenvalue weighted by atomic mass is 9.96. The smallest absolute Gasteiger partial charge is 0.397 e. The van der Waals surface area contributed by atoms with Gasteiger partial charge in [0.15, 0.2) is 0 Å². The molecular formula is C25H24F4N6O3. The molecular weight excluding hydrogens is 508 g/mol. The van der Waals surface area contributed by atoms with Crippen molar-refractivity contribution in [2.24, 2.45) is 0 Å². The van der Waals surface area contributed by atoms with E-state index in [2.05, 4.69) is 25.9 Å². The number of hydrogen-bond acceptors (Lipinski definition) is 7. The van der Waals surface area contributed by atoms with Crippen molar-refractivity contribution in [1.29, 1.82) is 0 Å². The van der Waals surface area contributed by atoms with Gasteiger partial charge < -0.3 is 26.4 Å². The predicted molar refractivity (Wildman–Crippen MR) is 130 cm³/mol. The van der Waals surface area contributed by atoms with Gasteiger partial charge in [-0.2, -0.15) is 13.2 Å². The van der Waals surface area contributed by atoms with Crippen LogP contribution in [0, 0.1) is 12.7 Å². The molecule has 0 unspecified atom stereocenters. The molecule has 3 heterocycles. The van der Waals surface area contributed by atoms with E-state index in [1.165, 1.54) is 24.7 Å². The maximum Gasteiger partial charge on any atom is 0.418 e. The second-order valence-corrected chi connectivity index (χ2v) is 8.83. The molecule has 1 fully saturated rings. The molecule has 4 rings (SSSR count). The van der Waals surface area contributed by atoms with Crippen LogP contribution in [0.2, 0.25) is 0 Å². The minimum atomic E-state index is -4.75. The van der Waals surface area contributed by atoms with Crippen molar-refractivity contribution in [3.8, 4) is 0 Å². The predicted octanol–water partition coefficient (Wildman–Crippen LogP) is 3.47. The molecule has 1 atom stereocenters. The average molecular weight is 532 g/mol. The number of nitrogens with zero attached hydrogens (tertiary/aromatic N) is 2. The fourth-order valence-electron chi connectivity index (χ4n) is 3.98. The zero-order chi connectivity index (χ0) is 27.5. The van der Waals surface area contributed by atoms with Crippen molar-refractivity contribution in [2.45, 2.75) is 31.6 Å². The largest absolute Gasteiger partial charge is 0.418 e. The van der Waals surface area contributed by atoms with Gasteiger partial charge in [-0.1, -0.05) is 0 Å². The summed E-state index contributed by atoms with van der Waals surface area (Å²) < 4.78 is 58.7. The SMILES string of the molecule is Cc1cc(Nc2ccc(F)cc2C(F)(F)F)cnc1CNC(=O)[C@]1(NC(=O)c2cncc(N)c2)CCOC1. The first-order valence-electron chi connectivity index (χ1n) is 11.5. The number of benzene rings is 1. The molecule has 2 amide bonds. The molecule has 1 aliphatic heterocycles. The van der Waals surface area contributed by atoms with Crippen LogP contribution in [-0.2, 0) is 22.3 Å². The number of hydrogen-bond donors (Lipinski definition) is 4. The van der Waals surface area contributed by atoms with Crippen LogP contribution in [0.3, 0.4) is 0 Å². The molecule has 38 heavy (non-hydrogen) atoms. The van der Waals surface area contributed by atoms with Crippen molar-refractivity contribution < 1.29 is 31.9 Å². The summed E-state index contributed by atoms with van der Waals surface area (Å²) in [5.74, 6) is -2.02. The summed E-state index contributed by atoms with van der Waals surface area (Å²) in [7, 11) is 0. The zero-order valence-corrected chi connectivity index (χ0v) is 20.2. The van der Waals surface area contributed by atoms with E-state index in [1.54, 1.807) is 13.0 Å². The second kappa shape index (κ2) is 10.6. The van der Waals surface area contributed by atoms with Gasteiger partial charge in [0.05, 0.1) is 53.2 Å². The van der Waals surface area contributed by atoms with Gasteiger partial charge in [-0.3, -0.25) is 19.6 Å². The highest BCUT2D eigenvalue weighted by Gasteiger charge is 2.44. The third kappa shape index (κ3) is 5.99. The van der Waals surface area contributed by atoms with Crippen LogP contribution in [0.1, 0.15) is 33.6 Å². The van der Waals surface area contributed by atoms with Crippen molar-refractivity contribution in [3.05, 3.63) is 77.1 Å². The molecule has 5 N–H and O–H groups in total. The highest BCUT2D eigenvalue weighted by molar-refractivity contribution is 5.99. The molecule has 0 radical (unpaired) electrons. The number of amides is 2. The normalized spacial score (nSPS) is 17.2. The lowest BCUT2D eigenvalue weighted by molar-refractivity contribution is -0.137. The quantitative estimate of drug-likeness (QED) is 0.343. The monoisotopic (exact) mass is 532 g/mol. The number of alkyl halides is 3. The first-order valence-corrected chi connectivity index (χ1v) is 11.5. The molecule has 0 spiro atoms. The number of aryl methyl sites for hydroxylation is 1. The van der Waals surface area contributed by atoms with Crippen molar-refractivity contribution in [2.75, 3.05) is 24.3 Å². The number of carbonyl (C=O) groups is 2. The highest BCUT2D eigenvalue weighted by atomic mass is 19.4. The summed E-state index contributed by atoms with van der Waals surface area (Å²) in [6.45, 7) is 1.91. The molecule has 3 aromatic rings. The molecule has 9 nitrogen and oxygen atoms in total. The zero-order valence-electron chi connectivity index (χ0n) is 20.2. The van der Waals surface area contributed by atoms with Crippen LogP contribution < -0.4 is 21.7 Å². The number of nitrogens with two attached hydrogens (primary N) is 1. The Kier molecular flexibility index (Phi) is 7.49. The highest BCUT2D eigenvalue weighted by Crippen LogP contribution is 2.36. The number of rotatable bonds is 7. The molecule has 0 bridgehead atoms. The topological polar surface area (TPSA) is 131 Å². The Morgan fingerprint density at radius 1 is 1.16 bits per heavy atom. The minimum absolute atomic E-state index is 0.00719. The minimum Gasteiger partial charge on any atom is -0.397 e. The van der Waals surface area contributed by atoms with E-state index >= 15 is 0 Å². The fourth-order valence-corrected chi connectivity index (χ4v) is 3.98. The maximum absolute atomic E-state index is 13.4. The summed E-state index contributed by atoms with van der Waals surface area (Å²) in [6.07, 6.45) is -0.478. The first kappa shape index (κ1) is 26.8. The van der Waals surface area contributed by atoms with Gasteiger partial charge in [0.2, 0.25) is 5.91 Å². The van der Waals surface area contributed by atoms with E-state index in [1.807, 2.05) is 0 Å². The van der Waals surface area contributed by atoms with Gasteiger partial charge in [-0.15, -0.1) is 0 Å². The average Bonchev–Trinajstić information content (AvgIpc) is 3.33. The number of nitrogen functional groups attached to an aromatic ring is 1. The summed E-state index contributed by atoms with van der Waals surface area (Å²) in [6, 6.07) is 5.33. The number of aromatic nitrogens is 2. The van der Waals surface area contributed by atoms with E-state index in [-0.39, 0.29) is 43.1 Å². The third-order valence-corrected chi connectivity index (χ3v) is 6.00. The van der Waals surface area contributed by atoms with Crippen molar-refractivity contribution >= 4 is 28.9 Å². The first-order chi connectivity index (χ1) is 18.0. The van der Waals surface area contributed by atoms with Crippen LogP contribution in [0.5, 0.6) is 0 Å². The molecule has 200 valence electrons. The maximum atomic E-state index is 13.4. The van der Waals surface area contributed by atoms with Gasteiger partial charge in [-0.05, 0) is 42.8 Å². The molecule has 1 saturated heterocycles. The van der Waals surface area contributed by atoms with Gasteiger partial charge in [0.1, 0.15) is 11.4 Å². The Balaban J connectivity index is 1.44. The lowest BCUT2D eigenvalue weighted by Crippen LogP contribution is -2.59. The Hall–Kier alpha value is -4.26. The lowest BCUT2D eigenvalue weighted by Gasteiger charge is -2.27. The second-order valence-electron chi connectivity index (χ2n) is 8.83. The Bertz CT molecular complexity index is 1360. The van der Waals surface area contributed by atoms with Gasteiger partial charge in [0, 0.05) is 25.4 Å². The number of ether oxygens (including phenoxy) is 1. The molecule has 13 heteroatoms. The van der Waals surface area contributed by atoms with E-state index < -0.39 is 34.9 Å². The Labute approximate surface area is 214 Å². The van der Waals surface area contributed by atoms with Gasteiger partial charge >= 0.3 is 6.18 Å². The summed E-state index contributed by atoms with van der Waals surface area (Å²) in [5.41, 5.74) is 4.68. The van der Waals surface area contributed by atoms with Crippen LogP contribution in [-0.4, -0.2) is 40.5 Å². The standard InChI is InChI=1S/C25H24F4N6O3/c1-14-6-18(34-20-3-2-16(26)8-19(20)25(27,28)29)11-32-21(14)12-33-23(37)24(4-5-38-13-24)35-22(36)15-7-17(30)10-31-9-15/h2-3,6-11,34H,4-5,12-13,30H2,1H3,(H,33,37)(H,35,36)/t24-/m0/s1. The summed E-state index contributed by atoms with van der Waals surface area (Å²) in [5, 5.41) is 8.09. The molecule has 0 aliphatic carbocycles. The number of pyridine rings is 2. The number of nitrogens with one attached hydrogen (secondary N) is 3. The van der Waals surface area contributed by atoms with Crippen LogP contribution in [0.15, 0.2) is 48.9 Å². The number of anilines is 3. The van der Waals surface area contributed by atoms with Crippen LogP contribution >= 0.6 is 0 Å². The molecule has 1 aromatic carbocycles. The van der Waals surface area contributed by atoms with Gasteiger partial charge in [-0.25, -0.2) is 4.39 Å². The molecule has 0 saturated carbocycles. The van der Waals surface area contributed by atoms with Crippen LogP contribution in [0.4, 0.5) is 34.6 Å². The van der Waals surface area contributed by atoms with Gasteiger partial charge in [0.25, 0.3) is 5.91 Å². The Morgan fingerprint density at radius 2 is 1.95 bits per heavy atom. The van der Waals surface area contributed by atoms with E-state index in [4.69, 9.17) is 10.5 Å². The molecule has 1 aliphatic rings. The van der Waals surface area contributed by atoms with Crippen LogP contribution in [0.25, 0.3) is 0 Å². The van der Waals surface area contributed by atoms with E-state index in [0.717, 1.165) is 12.1 Å². The van der Waals surface area contributed by atoms with Crippen molar-refractivity contribution in [3.63, 3.8) is 0 Å². The number of halogens is 4. The fraction of sp³-hybridized carbons (Fsp3) is 0.280. The number of carbonyl (C=O) groups excluding carboxylic acids is 2. The van der Waals surface area contributed by atoms with Crippen molar-refractivity contribution in [1.82, 2.24) is 20.6 Å². The van der Waals surface area contributed by atoms with E-state index in [0.29, 0.717) is 23.0 Å². The Morgan fingerprint density at radius 3 is 2.61 bits per heavy atom.